The van der Waals surface area contributed by atoms with Crippen LogP contribution >= 0.6 is 0 Å². The molecule has 0 aromatic heterocycles. The van der Waals surface area contributed by atoms with Crippen molar-refractivity contribution in [1.29, 1.82) is 0 Å². The molecule has 0 aliphatic carbocycles. The maximum Gasteiger partial charge on any atom is 0.416 e. The van der Waals surface area contributed by atoms with Crippen LogP contribution in [-0.2, 0) is 21.1 Å². The van der Waals surface area contributed by atoms with Crippen LogP contribution in [-0.4, -0.2) is 74.1 Å². The number of nitrogens with one attached hydrogen (secondary N) is 1. The van der Waals surface area contributed by atoms with Gasteiger partial charge in [0.2, 0.25) is 0 Å². The second kappa shape index (κ2) is 9.46. The van der Waals surface area contributed by atoms with Crippen molar-refractivity contribution in [3.05, 3.63) is 35.4 Å². The van der Waals surface area contributed by atoms with E-state index in [0.717, 1.165) is 18.9 Å². The first-order valence-corrected chi connectivity index (χ1v) is 10.7. The molecule has 2 fully saturated rings. The minimum atomic E-state index is -4.36. The predicted molar refractivity (Wildman–Crippen MR) is 113 cm³/mol. The van der Waals surface area contributed by atoms with E-state index in [4.69, 9.17) is 4.74 Å². The van der Waals surface area contributed by atoms with Crippen molar-refractivity contribution in [3.8, 4) is 0 Å². The fourth-order valence-corrected chi connectivity index (χ4v) is 3.97. The van der Waals surface area contributed by atoms with E-state index in [1.165, 1.54) is 12.1 Å². The molecule has 9 heteroatoms. The number of hydrogen-bond acceptors (Lipinski definition) is 3. The lowest BCUT2D eigenvalue weighted by Crippen LogP contribution is -2.56. The second-order valence-electron chi connectivity index (χ2n) is 8.68. The Hall–Kier alpha value is -2.29. The fraction of sp³-hybridized carbons (Fsp3) is 0.636. The highest BCUT2D eigenvalue weighted by Crippen LogP contribution is 2.32. The third kappa shape index (κ3) is 5.70. The number of guanidine groups is 1. The van der Waals surface area contributed by atoms with Crippen LogP contribution in [0.3, 0.4) is 0 Å². The summed E-state index contributed by atoms with van der Waals surface area (Å²) < 4.78 is 44.7. The number of aliphatic imine (C=N–C) groups is 1. The van der Waals surface area contributed by atoms with Crippen LogP contribution in [0, 0.1) is 0 Å². The van der Waals surface area contributed by atoms with Crippen molar-refractivity contribution >= 4 is 11.9 Å². The number of halogens is 3. The zero-order chi connectivity index (χ0) is 22.6. The van der Waals surface area contributed by atoms with Gasteiger partial charge in [-0.25, -0.2) is 0 Å². The highest BCUT2D eigenvalue weighted by molar-refractivity contribution is 5.82. The molecule has 2 saturated heterocycles. The number of rotatable bonds is 4. The van der Waals surface area contributed by atoms with Gasteiger partial charge in [-0.15, -0.1) is 0 Å². The zero-order valence-corrected chi connectivity index (χ0v) is 18.3. The summed E-state index contributed by atoms with van der Waals surface area (Å²) in [6, 6.07) is 5.46. The maximum absolute atomic E-state index is 13.1. The molecule has 0 bridgehead atoms. The minimum Gasteiger partial charge on any atom is -0.368 e. The minimum absolute atomic E-state index is 0.0609. The van der Waals surface area contributed by atoms with Gasteiger partial charge in [0.25, 0.3) is 5.91 Å². The summed E-state index contributed by atoms with van der Waals surface area (Å²) in [5.74, 6) is 0.745. The second-order valence-corrected chi connectivity index (χ2v) is 8.68. The maximum atomic E-state index is 13.1. The summed E-state index contributed by atoms with van der Waals surface area (Å²) >= 11 is 0. The van der Waals surface area contributed by atoms with Gasteiger partial charge >= 0.3 is 6.18 Å². The third-order valence-corrected chi connectivity index (χ3v) is 5.97. The Morgan fingerprint density at radius 1 is 1.16 bits per heavy atom. The molecule has 1 atom stereocenters. The first kappa shape index (κ1) is 23.4. The highest BCUT2D eigenvalue weighted by atomic mass is 19.4. The molecule has 2 aliphatic heterocycles. The Balaban J connectivity index is 1.56. The number of nitrogens with zero attached hydrogens (tertiary/aromatic N) is 3. The van der Waals surface area contributed by atoms with Gasteiger partial charge in [-0.3, -0.25) is 9.79 Å². The first-order valence-electron chi connectivity index (χ1n) is 10.7. The number of carbonyl (C=O) groups excluding carboxylic acids is 1. The molecule has 6 nitrogen and oxygen atoms in total. The van der Waals surface area contributed by atoms with E-state index in [2.05, 4.69) is 15.2 Å². The van der Waals surface area contributed by atoms with Crippen LogP contribution < -0.4 is 5.32 Å². The van der Waals surface area contributed by atoms with Crippen molar-refractivity contribution in [2.24, 2.45) is 4.99 Å². The lowest BCUT2D eigenvalue weighted by atomic mass is 9.84. The Labute approximate surface area is 181 Å². The van der Waals surface area contributed by atoms with Crippen LogP contribution in [0.15, 0.2) is 29.3 Å². The van der Waals surface area contributed by atoms with Gasteiger partial charge in [-0.05, 0) is 24.5 Å². The molecule has 2 heterocycles. The van der Waals surface area contributed by atoms with E-state index in [-0.39, 0.29) is 12.0 Å². The topological polar surface area (TPSA) is 57.2 Å². The van der Waals surface area contributed by atoms with E-state index in [0.29, 0.717) is 50.9 Å². The molecule has 1 N–H and O–H groups in total. The van der Waals surface area contributed by atoms with E-state index in [1.54, 1.807) is 13.1 Å². The number of alkyl halides is 3. The van der Waals surface area contributed by atoms with Crippen LogP contribution in [0.5, 0.6) is 0 Å². The molecule has 0 saturated carbocycles. The van der Waals surface area contributed by atoms with Crippen LogP contribution in [0.1, 0.15) is 37.8 Å². The van der Waals surface area contributed by atoms with Gasteiger partial charge in [-0.1, -0.05) is 32.0 Å². The molecule has 1 aromatic carbocycles. The lowest BCUT2D eigenvalue weighted by Gasteiger charge is -2.38. The number of carbonyl (C=O) groups is 1. The lowest BCUT2D eigenvalue weighted by molar-refractivity contribution is -0.142. The molecule has 31 heavy (non-hydrogen) atoms. The number of hydrogen-bond donors (Lipinski definition) is 1. The normalized spacial score (nSPS) is 20.8. The molecule has 1 unspecified atom stereocenters. The van der Waals surface area contributed by atoms with Gasteiger partial charge in [0.1, 0.15) is 6.10 Å². The van der Waals surface area contributed by atoms with Gasteiger partial charge in [0.15, 0.2) is 5.96 Å². The summed E-state index contributed by atoms with van der Waals surface area (Å²) in [7, 11) is 1.68. The molecule has 1 amide bonds. The van der Waals surface area contributed by atoms with Crippen LogP contribution in [0.25, 0.3) is 0 Å². The summed E-state index contributed by atoms with van der Waals surface area (Å²) in [6.45, 7) is 7.35. The van der Waals surface area contributed by atoms with E-state index in [9.17, 15) is 18.0 Å². The quantitative estimate of drug-likeness (QED) is 0.578. The van der Waals surface area contributed by atoms with Crippen molar-refractivity contribution in [2.45, 2.75) is 44.4 Å². The highest BCUT2D eigenvalue weighted by Gasteiger charge is 2.33. The van der Waals surface area contributed by atoms with Gasteiger partial charge in [0, 0.05) is 51.8 Å². The predicted octanol–water partition coefficient (Wildman–Crippen LogP) is 2.88. The van der Waals surface area contributed by atoms with Crippen LogP contribution in [0.2, 0.25) is 0 Å². The monoisotopic (exact) mass is 440 g/mol. The average molecular weight is 441 g/mol. The summed E-state index contributed by atoms with van der Waals surface area (Å²) in [6.07, 6.45) is -2.96. The summed E-state index contributed by atoms with van der Waals surface area (Å²) in [5, 5.41) is 3.30. The van der Waals surface area contributed by atoms with Gasteiger partial charge < -0.3 is 19.9 Å². The van der Waals surface area contributed by atoms with Gasteiger partial charge in [-0.2, -0.15) is 13.2 Å². The van der Waals surface area contributed by atoms with Gasteiger partial charge in [0.05, 0.1) is 5.56 Å². The van der Waals surface area contributed by atoms with E-state index < -0.39 is 17.2 Å². The molecule has 2 aliphatic rings. The van der Waals surface area contributed by atoms with Crippen LogP contribution in [0.4, 0.5) is 13.2 Å². The summed E-state index contributed by atoms with van der Waals surface area (Å²) in [5.41, 5.74) is -0.568. The Kier molecular flexibility index (Phi) is 7.13. The molecular formula is C22H31F3N4O2. The fourth-order valence-electron chi connectivity index (χ4n) is 3.97. The van der Waals surface area contributed by atoms with Crippen molar-refractivity contribution in [1.82, 2.24) is 15.1 Å². The van der Waals surface area contributed by atoms with Crippen molar-refractivity contribution < 1.29 is 22.7 Å². The average Bonchev–Trinajstić information content (AvgIpc) is 3.28. The molecule has 3 rings (SSSR count). The summed E-state index contributed by atoms with van der Waals surface area (Å²) in [4.78, 5) is 20.8. The Bertz CT molecular complexity index is 796. The third-order valence-electron chi connectivity index (χ3n) is 5.97. The Morgan fingerprint density at radius 2 is 1.81 bits per heavy atom. The molecule has 0 radical (unpaired) electrons. The smallest absolute Gasteiger partial charge is 0.368 e. The SMILES string of the molecule is CN=C(NCC(C)(C)c1cccc(C(F)(F)F)c1)N1CCN(C(=O)C2CCCO2)CC1. The first-order chi connectivity index (χ1) is 14.6. The van der Waals surface area contributed by atoms with E-state index >= 15 is 0 Å². The molecule has 1 aromatic rings. The standard InChI is InChI=1S/C22H31F3N4O2/c1-21(2,16-6-4-7-17(14-16)22(23,24)25)15-27-20(26-3)29-11-9-28(10-12-29)19(30)18-8-5-13-31-18/h4,6-7,14,18H,5,8-13,15H2,1-3H3,(H,26,27). The molecule has 0 spiro atoms. The van der Waals surface area contributed by atoms with E-state index in [1.807, 2.05) is 18.7 Å². The van der Waals surface area contributed by atoms with Crippen molar-refractivity contribution in [2.75, 3.05) is 46.4 Å². The number of benzene rings is 1. The largest absolute Gasteiger partial charge is 0.416 e. The number of piperazine rings is 1. The Morgan fingerprint density at radius 3 is 2.39 bits per heavy atom. The number of ether oxygens (including phenoxy) is 1. The molecular weight excluding hydrogens is 409 g/mol. The molecule has 172 valence electrons. The zero-order valence-electron chi connectivity index (χ0n) is 18.3. The number of amides is 1. The van der Waals surface area contributed by atoms with Crippen molar-refractivity contribution in [3.63, 3.8) is 0 Å².